The van der Waals surface area contributed by atoms with Gasteiger partial charge in [0.25, 0.3) is 0 Å². The summed E-state index contributed by atoms with van der Waals surface area (Å²) in [6, 6.07) is 6.22. The van der Waals surface area contributed by atoms with Crippen LogP contribution in [-0.2, 0) is 13.0 Å². The van der Waals surface area contributed by atoms with E-state index < -0.39 is 6.10 Å². The molecule has 1 aliphatic heterocycles. The van der Waals surface area contributed by atoms with Gasteiger partial charge < -0.3 is 20.9 Å². The van der Waals surface area contributed by atoms with Gasteiger partial charge >= 0.3 is 0 Å². The molecule has 16 heavy (non-hydrogen) atoms. The van der Waals surface area contributed by atoms with Gasteiger partial charge in [0.05, 0.1) is 12.7 Å². The summed E-state index contributed by atoms with van der Waals surface area (Å²) >= 11 is 0. The van der Waals surface area contributed by atoms with Crippen molar-refractivity contribution >= 4 is 0 Å². The molecule has 0 bridgehead atoms. The van der Waals surface area contributed by atoms with Crippen molar-refractivity contribution in [3.05, 3.63) is 29.3 Å². The van der Waals surface area contributed by atoms with E-state index in [1.165, 1.54) is 11.1 Å². The first-order valence-electron chi connectivity index (χ1n) is 5.63. The van der Waals surface area contributed by atoms with E-state index >= 15 is 0 Å². The van der Waals surface area contributed by atoms with E-state index in [1.54, 1.807) is 0 Å². The molecule has 2 rings (SSSR count). The molecule has 0 aliphatic carbocycles. The Kier molecular flexibility index (Phi) is 3.77. The predicted octanol–water partition coefficient (Wildman–Crippen LogP) is 0.0307. The van der Waals surface area contributed by atoms with Gasteiger partial charge in [0.1, 0.15) is 5.75 Å². The molecule has 0 radical (unpaired) electrons. The molecule has 1 aliphatic rings. The smallest absolute Gasteiger partial charge is 0.122 e. The fraction of sp³-hybridized carbons (Fsp3) is 0.500. The first kappa shape index (κ1) is 11.4. The Labute approximate surface area is 95.4 Å². The van der Waals surface area contributed by atoms with Gasteiger partial charge in [-0.2, -0.15) is 0 Å². The first-order valence-corrected chi connectivity index (χ1v) is 5.63. The third-order valence-electron chi connectivity index (χ3n) is 2.74. The number of nitrogens with two attached hydrogens (primary N) is 1. The molecule has 1 aromatic carbocycles. The van der Waals surface area contributed by atoms with E-state index in [-0.39, 0.29) is 0 Å². The van der Waals surface area contributed by atoms with Crippen LogP contribution in [0.5, 0.6) is 5.75 Å². The highest BCUT2D eigenvalue weighted by Crippen LogP contribution is 2.25. The lowest BCUT2D eigenvalue weighted by Gasteiger charge is -2.09. The Morgan fingerprint density at radius 1 is 1.50 bits per heavy atom. The minimum atomic E-state index is -0.460. The lowest BCUT2D eigenvalue weighted by Crippen LogP contribution is -2.32. The summed E-state index contributed by atoms with van der Waals surface area (Å²) in [6.07, 6.45) is 0.534. The summed E-state index contributed by atoms with van der Waals surface area (Å²) in [6.45, 7) is 2.37. The number of rotatable bonds is 5. The van der Waals surface area contributed by atoms with Gasteiger partial charge in [-0.3, -0.25) is 0 Å². The summed E-state index contributed by atoms with van der Waals surface area (Å²) in [5.41, 5.74) is 7.81. The van der Waals surface area contributed by atoms with Crippen LogP contribution in [0.4, 0.5) is 0 Å². The van der Waals surface area contributed by atoms with Crippen molar-refractivity contribution in [1.82, 2.24) is 5.32 Å². The van der Waals surface area contributed by atoms with Crippen LogP contribution >= 0.6 is 0 Å². The minimum absolute atomic E-state index is 0.297. The van der Waals surface area contributed by atoms with Crippen molar-refractivity contribution in [1.29, 1.82) is 0 Å². The number of hydrogen-bond acceptors (Lipinski definition) is 4. The topological polar surface area (TPSA) is 67.5 Å². The molecule has 4 heteroatoms. The van der Waals surface area contributed by atoms with Gasteiger partial charge in [-0.1, -0.05) is 12.1 Å². The number of hydrogen-bond donors (Lipinski definition) is 3. The van der Waals surface area contributed by atoms with Gasteiger partial charge in [0.15, 0.2) is 0 Å². The average Bonchev–Trinajstić information content (AvgIpc) is 2.76. The van der Waals surface area contributed by atoms with Crippen LogP contribution in [0.2, 0.25) is 0 Å². The Morgan fingerprint density at radius 2 is 2.38 bits per heavy atom. The maximum absolute atomic E-state index is 9.28. The van der Waals surface area contributed by atoms with Gasteiger partial charge in [-0.05, 0) is 17.2 Å². The Balaban J connectivity index is 1.86. The SMILES string of the molecule is NCC(O)CNCc1ccc2c(c1)CCO2. The van der Waals surface area contributed by atoms with Crippen molar-refractivity contribution in [2.75, 3.05) is 19.7 Å². The molecule has 1 atom stereocenters. The standard InChI is InChI=1S/C12H18N2O2/c13-6-11(15)8-14-7-9-1-2-12-10(5-9)3-4-16-12/h1-2,5,11,14-15H,3-4,6-8,13H2. The average molecular weight is 222 g/mol. The second-order valence-electron chi connectivity index (χ2n) is 4.06. The van der Waals surface area contributed by atoms with E-state index in [4.69, 9.17) is 10.5 Å². The zero-order valence-electron chi connectivity index (χ0n) is 9.28. The van der Waals surface area contributed by atoms with E-state index in [1.807, 2.05) is 12.1 Å². The summed E-state index contributed by atoms with van der Waals surface area (Å²) in [5.74, 6) is 1.01. The van der Waals surface area contributed by atoms with E-state index in [0.717, 1.165) is 25.3 Å². The number of ether oxygens (including phenoxy) is 1. The molecular weight excluding hydrogens is 204 g/mol. The molecule has 0 saturated heterocycles. The number of fused-ring (bicyclic) bond motifs is 1. The molecular formula is C12H18N2O2. The molecule has 88 valence electrons. The molecule has 4 nitrogen and oxygen atoms in total. The second kappa shape index (κ2) is 5.30. The summed E-state index contributed by atoms with van der Waals surface area (Å²) < 4.78 is 5.44. The molecule has 0 saturated carbocycles. The highest BCUT2D eigenvalue weighted by Gasteiger charge is 2.11. The monoisotopic (exact) mass is 222 g/mol. The third-order valence-corrected chi connectivity index (χ3v) is 2.74. The lowest BCUT2D eigenvalue weighted by molar-refractivity contribution is 0.179. The largest absolute Gasteiger partial charge is 0.493 e. The van der Waals surface area contributed by atoms with Crippen molar-refractivity contribution in [3.63, 3.8) is 0 Å². The molecule has 4 N–H and O–H groups in total. The molecule has 1 heterocycles. The van der Waals surface area contributed by atoms with E-state index in [2.05, 4.69) is 11.4 Å². The Hall–Kier alpha value is -1.10. The minimum Gasteiger partial charge on any atom is -0.493 e. The maximum atomic E-state index is 9.28. The van der Waals surface area contributed by atoms with Crippen molar-refractivity contribution in [2.45, 2.75) is 19.1 Å². The first-order chi connectivity index (χ1) is 7.79. The third kappa shape index (κ3) is 2.72. The fourth-order valence-electron chi connectivity index (χ4n) is 1.82. The number of aliphatic hydroxyl groups excluding tert-OH is 1. The van der Waals surface area contributed by atoms with Crippen LogP contribution in [0.1, 0.15) is 11.1 Å². The van der Waals surface area contributed by atoms with Crippen LogP contribution in [0.15, 0.2) is 18.2 Å². The Morgan fingerprint density at radius 3 is 3.19 bits per heavy atom. The van der Waals surface area contributed by atoms with Crippen LogP contribution < -0.4 is 15.8 Å². The highest BCUT2D eigenvalue weighted by molar-refractivity contribution is 5.39. The maximum Gasteiger partial charge on any atom is 0.122 e. The zero-order chi connectivity index (χ0) is 11.4. The molecule has 1 aromatic rings. The highest BCUT2D eigenvalue weighted by atomic mass is 16.5. The molecule has 0 aromatic heterocycles. The second-order valence-corrected chi connectivity index (χ2v) is 4.06. The van der Waals surface area contributed by atoms with E-state index in [0.29, 0.717) is 13.1 Å². The molecule has 0 amide bonds. The van der Waals surface area contributed by atoms with Crippen LogP contribution in [0, 0.1) is 0 Å². The number of aliphatic hydroxyl groups is 1. The molecule has 0 spiro atoms. The molecule has 0 fully saturated rings. The predicted molar refractivity (Wildman–Crippen MR) is 62.4 cm³/mol. The summed E-state index contributed by atoms with van der Waals surface area (Å²) in [4.78, 5) is 0. The van der Waals surface area contributed by atoms with Crippen LogP contribution in [0.25, 0.3) is 0 Å². The van der Waals surface area contributed by atoms with E-state index in [9.17, 15) is 5.11 Å². The van der Waals surface area contributed by atoms with Crippen molar-refractivity contribution in [3.8, 4) is 5.75 Å². The zero-order valence-corrected chi connectivity index (χ0v) is 9.28. The fourth-order valence-corrected chi connectivity index (χ4v) is 1.82. The number of nitrogens with one attached hydrogen (secondary N) is 1. The number of benzene rings is 1. The van der Waals surface area contributed by atoms with Crippen molar-refractivity contribution in [2.24, 2.45) is 5.73 Å². The van der Waals surface area contributed by atoms with Gasteiger partial charge in [0.2, 0.25) is 0 Å². The van der Waals surface area contributed by atoms with Crippen LogP contribution in [-0.4, -0.2) is 30.9 Å². The van der Waals surface area contributed by atoms with Gasteiger partial charge in [-0.25, -0.2) is 0 Å². The summed E-state index contributed by atoms with van der Waals surface area (Å²) in [7, 11) is 0. The van der Waals surface area contributed by atoms with Crippen LogP contribution in [0.3, 0.4) is 0 Å². The lowest BCUT2D eigenvalue weighted by atomic mass is 10.1. The van der Waals surface area contributed by atoms with Crippen molar-refractivity contribution < 1.29 is 9.84 Å². The quantitative estimate of drug-likeness (QED) is 0.657. The van der Waals surface area contributed by atoms with Gasteiger partial charge in [0, 0.05) is 26.1 Å². The summed E-state index contributed by atoms with van der Waals surface area (Å²) in [5, 5.41) is 12.5. The molecule has 1 unspecified atom stereocenters. The Bertz CT molecular complexity index is 355. The normalized spacial score (nSPS) is 15.6. The van der Waals surface area contributed by atoms with Gasteiger partial charge in [-0.15, -0.1) is 0 Å².